The van der Waals surface area contributed by atoms with Crippen LogP contribution < -0.4 is 0 Å². The molecule has 0 atom stereocenters. The molecule has 3 N–H and O–H groups in total. The summed E-state index contributed by atoms with van der Waals surface area (Å²) in [5, 5.41) is 28.7. The fourth-order valence-electron chi connectivity index (χ4n) is 2.89. The smallest absolute Gasteiger partial charge is 0.196 e. The van der Waals surface area contributed by atoms with Crippen LogP contribution in [0.2, 0.25) is 5.02 Å². The van der Waals surface area contributed by atoms with Gasteiger partial charge in [-0.15, -0.1) is 0 Å². The van der Waals surface area contributed by atoms with Crippen LogP contribution in [0.5, 0.6) is 17.2 Å². The number of carbonyl (C=O) groups excluding carboxylic acids is 2. The summed E-state index contributed by atoms with van der Waals surface area (Å²) in [5.41, 5.74) is 1.44. The van der Waals surface area contributed by atoms with Crippen molar-refractivity contribution in [2.75, 3.05) is 0 Å². The van der Waals surface area contributed by atoms with Gasteiger partial charge in [0.2, 0.25) is 0 Å². The van der Waals surface area contributed by atoms with E-state index in [-0.39, 0.29) is 39.9 Å². The maximum atomic E-state index is 12.0. The zero-order valence-electron chi connectivity index (χ0n) is 16.8. The lowest BCUT2D eigenvalue weighted by Gasteiger charge is -2.04. The molecule has 5 nitrogen and oxygen atoms in total. The molecule has 0 heterocycles. The fourth-order valence-corrected chi connectivity index (χ4v) is 3.06. The number of carbonyl (C=O) groups is 2. The van der Waals surface area contributed by atoms with Crippen molar-refractivity contribution in [3.8, 4) is 17.2 Å². The van der Waals surface area contributed by atoms with Crippen molar-refractivity contribution in [3.05, 3.63) is 124 Å². The van der Waals surface area contributed by atoms with Gasteiger partial charge in [-0.2, -0.15) is 0 Å². The molecule has 0 amide bonds. The van der Waals surface area contributed by atoms with E-state index in [1.807, 2.05) is 12.1 Å². The predicted molar refractivity (Wildman–Crippen MR) is 123 cm³/mol. The molecule has 0 saturated carbocycles. The van der Waals surface area contributed by atoms with E-state index in [9.17, 15) is 19.8 Å². The highest BCUT2D eigenvalue weighted by Gasteiger charge is 2.14. The molecule has 160 valence electrons. The van der Waals surface area contributed by atoms with Gasteiger partial charge in [0.05, 0.1) is 11.1 Å². The number of aromatic hydroxyl groups is 3. The number of benzene rings is 4. The van der Waals surface area contributed by atoms with Crippen LogP contribution >= 0.6 is 11.6 Å². The molecule has 32 heavy (non-hydrogen) atoms. The quantitative estimate of drug-likeness (QED) is 0.354. The first-order valence-corrected chi connectivity index (χ1v) is 9.94. The summed E-state index contributed by atoms with van der Waals surface area (Å²) in [5.74, 6) is -0.840. The first-order valence-electron chi connectivity index (χ1n) is 9.57. The highest BCUT2D eigenvalue weighted by molar-refractivity contribution is 6.31. The molecule has 4 aromatic rings. The van der Waals surface area contributed by atoms with Gasteiger partial charge >= 0.3 is 0 Å². The predicted octanol–water partition coefficient (Wildman–Crippen LogP) is 5.61. The number of rotatable bonds is 4. The van der Waals surface area contributed by atoms with Gasteiger partial charge < -0.3 is 15.3 Å². The Labute approximate surface area is 189 Å². The van der Waals surface area contributed by atoms with Gasteiger partial charge in [0.15, 0.2) is 11.6 Å². The Hall–Kier alpha value is -4.09. The zero-order valence-corrected chi connectivity index (χ0v) is 17.5. The molecule has 6 heteroatoms. The third-order valence-corrected chi connectivity index (χ3v) is 4.74. The standard InChI is InChI=1S/C13H9ClO2.C13H10O3/c14-10-6-7-12(15)11(8-10)13(16)9-4-2-1-3-5-9;14-10-6-7-11(12(15)8-10)13(16)9-4-2-1-3-5-9/h1-8,15H;1-8,14-15H. The zero-order chi connectivity index (χ0) is 23.1. The Balaban J connectivity index is 0.000000181. The minimum atomic E-state index is -0.266. The monoisotopic (exact) mass is 446 g/mol. The molecular weight excluding hydrogens is 428 g/mol. The SMILES string of the molecule is O=C(c1ccccc1)c1cc(Cl)ccc1O.O=C(c1ccccc1)c1ccc(O)cc1O. The number of hydrogen-bond donors (Lipinski definition) is 3. The number of phenolic OH excluding ortho intramolecular Hbond substituents is 3. The largest absolute Gasteiger partial charge is 0.508 e. The maximum Gasteiger partial charge on any atom is 0.196 e. The summed E-state index contributed by atoms with van der Waals surface area (Å²) in [4.78, 5) is 23.9. The number of halogens is 1. The highest BCUT2D eigenvalue weighted by atomic mass is 35.5. The average Bonchev–Trinajstić information content (AvgIpc) is 2.81. The van der Waals surface area contributed by atoms with Crippen LogP contribution in [-0.4, -0.2) is 26.9 Å². The van der Waals surface area contributed by atoms with E-state index in [2.05, 4.69) is 0 Å². The Bertz CT molecular complexity index is 1240. The van der Waals surface area contributed by atoms with E-state index >= 15 is 0 Å². The van der Waals surface area contributed by atoms with Crippen molar-refractivity contribution < 1.29 is 24.9 Å². The third kappa shape index (κ3) is 5.53. The van der Waals surface area contributed by atoms with Gasteiger partial charge in [-0.05, 0) is 30.3 Å². The van der Waals surface area contributed by atoms with Crippen LogP contribution in [0.25, 0.3) is 0 Å². The summed E-state index contributed by atoms with van der Waals surface area (Å²) in [6, 6.07) is 25.8. The molecule has 0 aliphatic rings. The fraction of sp³-hybridized carbons (Fsp3) is 0. The molecule has 0 aromatic heterocycles. The molecule has 0 unspecified atom stereocenters. The topological polar surface area (TPSA) is 94.8 Å². The van der Waals surface area contributed by atoms with E-state index in [1.165, 1.54) is 24.3 Å². The maximum absolute atomic E-state index is 12.0. The van der Waals surface area contributed by atoms with Crippen molar-refractivity contribution in [2.45, 2.75) is 0 Å². The number of hydrogen-bond acceptors (Lipinski definition) is 5. The molecule has 0 spiro atoms. The van der Waals surface area contributed by atoms with Gasteiger partial charge in [-0.25, -0.2) is 0 Å². The lowest BCUT2D eigenvalue weighted by molar-refractivity contribution is 0.102. The Morgan fingerprint density at radius 2 is 1.09 bits per heavy atom. The van der Waals surface area contributed by atoms with Crippen LogP contribution in [0.15, 0.2) is 97.1 Å². The Morgan fingerprint density at radius 3 is 1.62 bits per heavy atom. The molecule has 4 rings (SSSR count). The average molecular weight is 447 g/mol. The van der Waals surface area contributed by atoms with Crippen LogP contribution in [0.1, 0.15) is 31.8 Å². The lowest BCUT2D eigenvalue weighted by atomic mass is 10.0. The summed E-state index contributed by atoms with van der Waals surface area (Å²) in [6.07, 6.45) is 0. The van der Waals surface area contributed by atoms with E-state index in [1.54, 1.807) is 54.6 Å². The molecule has 0 aliphatic carbocycles. The molecular formula is C26H19ClO5. The second-order valence-electron chi connectivity index (χ2n) is 6.75. The van der Waals surface area contributed by atoms with Crippen molar-refractivity contribution in [1.82, 2.24) is 0 Å². The molecule has 0 bridgehead atoms. The lowest BCUT2D eigenvalue weighted by Crippen LogP contribution is -2.01. The van der Waals surface area contributed by atoms with Crippen LogP contribution in [-0.2, 0) is 0 Å². The van der Waals surface area contributed by atoms with Gasteiger partial charge in [0.1, 0.15) is 17.2 Å². The van der Waals surface area contributed by atoms with Crippen molar-refractivity contribution in [1.29, 1.82) is 0 Å². The number of ketones is 2. The highest BCUT2D eigenvalue weighted by Crippen LogP contribution is 2.25. The minimum absolute atomic E-state index is 0.0572. The molecule has 0 radical (unpaired) electrons. The Morgan fingerprint density at radius 1 is 0.562 bits per heavy atom. The first kappa shape index (κ1) is 22.6. The van der Waals surface area contributed by atoms with E-state index in [0.29, 0.717) is 16.1 Å². The van der Waals surface area contributed by atoms with Gasteiger partial charge in [-0.1, -0.05) is 72.3 Å². The second-order valence-corrected chi connectivity index (χ2v) is 7.19. The summed E-state index contributed by atoms with van der Waals surface area (Å²) < 4.78 is 0. The van der Waals surface area contributed by atoms with Gasteiger partial charge in [0.25, 0.3) is 0 Å². The van der Waals surface area contributed by atoms with Crippen molar-refractivity contribution in [3.63, 3.8) is 0 Å². The van der Waals surface area contributed by atoms with E-state index < -0.39 is 0 Å². The molecule has 0 fully saturated rings. The van der Waals surface area contributed by atoms with Crippen molar-refractivity contribution >= 4 is 23.2 Å². The summed E-state index contributed by atoms with van der Waals surface area (Å²) >= 11 is 5.79. The molecule has 0 saturated heterocycles. The Kier molecular flexibility index (Phi) is 7.26. The minimum Gasteiger partial charge on any atom is -0.508 e. The summed E-state index contributed by atoms with van der Waals surface area (Å²) in [7, 11) is 0. The van der Waals surface area contributed by atoms with Gasteiger partial charge in [-0.3, -0.25) is 9.59 Å². The van der Waals surface area contributed by atoms with Crippen LogP contribution in [0.3, 0.4) is 0 Å². The van der Waals surface area contributed by atoms with Crippen LogP contribution in [0, 0.1) is 0 Å². The second kappa shape index (κ2) is 10.3. The van der Waals surface area contributed by atoms with E-state index in [4.69, 9.17) is 16.7 Å². The third-order valence-electron chi connectivity index (χ3n) is 4.50. The first-order chi connectivity index (χ1) is 15.4. The summed E-state index contributed by atoms with van der Waals surface area (Å²) in [6.45, 7) is 0. The van der Waals surface area contributed by atoms with Gasteiger partial charge in [0, 0.05) is 22.2 Å². The van der Waals surface area contributed by atoms with E-state index in [0.717, 1.165) is 6.07 Å². The molecule has 4 aromatic carbocycles. The number of phenols is 3. The normalized spacial score (nSPS) is 10.0. The molecule has 0 aliphatic heterocycles. The van der Waals surface area contributed by atoms with Crippen molar-refractivity contribution in [2.24, 2.45) is 0 Å². The van der Waals surface area contributed by atoms with Crippen LogP contribution in [0.4, 0.5) is 0 Å².